The van der Waals surface area contributed by atoms with E-state index in [9.17, 15) is 13.2 Å². The number of hydrogen-bond donors (Lipinski definition) is 0. The topological polar surface area (TPSA) is 76.6 Å². The van der Waals surface area contributed by atoms with Crippen molar-refractivity contribution < 1.29 is 17.9 Å². The van der Waals surface area contributed by atoms with E-state index in [4.69, 9.17) is 16.3 Å². The van der Waals surface area contributed by atoms with Crippen molar-refractivity contribution in [1.29, 1.82) is 0 Å². The number of aromatic nitrogens is 1. The Morgan fingerprint density at radius 3 is 2.95 bits per heavy atom. The minimum absolute atomic E-state index is 0.0657. The molecule has 1 saturated heterocycles. The molecule has 0 aliphatic carbocycles. The highest BCUT2D eigenvalue weighted by molar-refractivity contribution is 9.10. The van der Waals surface area contributed by atoms with Gasteiger partial charge >= 0.3 is 5.97 Å². The molecule has 0 amide bonds. The molecule has 0 saturated carbocycles. The number of methoxy groups -OCH3 is 1. The van der Waals surface area contributed by atoms with E-state index in [1.165, 1.54) is 23.7 Å². The summed E-state index contributed by atoms with van der Waals surface area (Å²) >= 11 is 9.08. The van der Waals surface area contributed by atoms with E-state index in [0.717, 1.165) is 0 Å². The molecule has 1 fully saturated rings. The summed E-state index contributed by atoms with van der Waals surface area (Å²) in [5.41, 5.74) is 0. The van der Waals surface area contributed by atoms with Gasteiger partial charge in [0.1, 0.15) is 10.0 Å². The molecular formula is C12H14BrClN2O4S. The van der Waals surface area contributed by atoms with Crippen molar-refractivity contribution in [3.05, 3.63) is 21.9 Å². The third-order valence-electron chi connectivity index (χ3n) is 3.31. The fraction of sp³-hybridized carbons (Fsp3) is 0.500. The van der Waals surface area contributed by atoms with Crippen LogP contribution >= 0.6 is 27.5 Å². The molecule has 2 rings (SSSR count). The highest BCUT2D eigenvalue weighted by Crippen LogP contribution is 2.29. The first-order valence-electron chi connectivity index (χ1n) is 6.25. The number of halogens is 2. The number of esters is 1. The molecule has 1 aliphatic heterocycles. The van der Waals surface area contributed by atoms with Crippen molar-refractivity contribution >= 4 is 43.5 Å². The molecule has 1 unspecified atom stereocenters. The molecular weight excluding hydrogens is 384 g/mol. The van der Waals surface area contributed by atoms with Gasteiger partial charge in [-0.3, -0.25) is 4.79 Å². The number of ether oxygens (including phenoxy) is 1. The summed E-state index contributed by atoms with van der Waals surface area (Å²) in [7, 11) is -2.49. The summed E-state index contributed by atoms with van der Waals surface area (Å²) in [6, 6.07) is 1.41. The van der Waals surface area contributed by atoms with Crippen LogP contribution < -0.4 is 0 Å². The van der Waals surface area contributed by atoms with Crippen LogP contribution in [-0.2, 0) is 19.6 Å². The van der Waals surface area contributed by atoms with Crippen LogP contribution in [-0.4, -0.2) is 43.9 Å². The molecule has 9 heteroatoms. The van der Waals surface area contributed by atoms with Crippen molar-refractivity contribution in [3.8, 4) is 0 Å². The Morgan fingerprint density at radius 1 is 1.57 bits per heavy atom. The second-order valence-corrected chi connectivity index (χ2v) is 7.85. The lowest BCUT2D eigenvalue weighted by atomic mass is 10.0. The van der Waals surface area contributed by atoms with Crippen molar-refractivity contribution in [2.75, 3.05) is 20.2 Å². The van der Waals surface area contributed by atoms with Crippen molar-refractivity contribution in [1.82, 2.24) is 9.29 Å². The second kappa shape index (κ2) is 6.60. The molecule has 2 heterocycles. The Labute approximate surface area is 136 Å². The fourth-order valence-corrected chi connectivity index (χ4v) is 4.69. The molecule has 1 aliphatic rings. The zero-order chi connectivity index (χ0) is 15.6. The normalized spacial score (nSPS) is 20.2. The Hall–Kier alpha value is -0.700. The Balaban J connectivity index is 2.31. The summed E-state index contributed by atoms with van der Waals surface area (Å²) in [4.78, 5) is 15.4. The van der Waals surface area contributed by atoms with Crippen molar-refractivity contribution in [2.24, 2.45) is 5.92 Å². The highest BCUT2D eigenvalue weighted by Gasteiger charge is 2.35. The molecule has 0 bridgehead atoms. The van der Waals surface area contributed by atoms with Gasteiger partial charge in [0.25, 0.3) is 0 Å². The predicted molar refractivity (Wildman–Crippen MR) is 80.4 cm³/mol. The first-order valence-corrected chi connectivity index (χ1v) is 8.86. The van der Waals surface area contributed by atoms with Crippen molar-refractivity contribution in [3.63, 3.8) is 0 Å². The Bertz CT molecular complexity index is 653. The van der Waals surface area contributed by atoms with Crippen LogP contribution in [0.5, 0.6) is 0 Å². The summed E-state index contributed by atoms with van der Waals surface area (Å²) in [5.74, 6) is -0.842. The van der Waals surface area contributed by atoms with Crippen LogP contribution in [0.25, 0.3) is 0 Å². The van der Waals surface area contributed by atoms with E-state index in [-0.39, 0.29) is 16.6 Å². The quantitative estimate of drug-likeness (QED) is 0.576. The van der Waals surface area contributed by atoms with E-state index in [1.807, 2.05) is 0 Å². The SMILES string of the molecule is COC(=O)C1CCCN(S(=O)(=O)c2cc(Br)cnc2Cl)C1. The zero-order valence-corrected chi connectivity index (χ0v) is 14.4. The van der Waals surface area contributed by atoms with Gasteiger partial charge in [0.05, 0.1) is 13.0 Å². The minimum Gasteiger partial charge on any atom is -0.469 e. The Kier molecular flexibility index (Phi) is 5.24. The number of piperidine rings is 1. The fourth-order valence-electron chi connectivity index (χ4n) is 2.24. The highest BCUT2D eigenvalue weighted by atomic mass is 79.9. The lowest BCUT2D eigenvalue weighted by Gasteiger charge is -2.30. The van der Waals surface area contributed by atoms with Gasteiger partial charge in [0, 0.05) is 23.8 Å². The first-order chi connectivity index (χ1) is 9.86. The standard InChI is InChI=1S/C12H14BrClN2O4S/c1-20-12(17)8-3-2-4-16(7-8)21(18,19)10-5-9(13)6-15-11(10)14/h5-6,8H,2-4,7H2,1H3. The van der Waals surface area contributed by atoms with Gasteiger partial charge < -0.3 is 4.74 Å². The number of sulfonamides is 1. The van der Waals surface area contributed by atoms with Gasteiger partial charge in [0.2, 0.25) is 10.0 Å². The lowest BCUT2D eigenvalue weighted by molar-refractivity contribution is -0.146. The molecule has 1 aromatic heterocycles. The molecule has 0 N–H and O–H groups in total. The van der Waals surface area contributed by atoms with E-state index >= 15 is 0 Å². The number of nitrogens with zero attached hydrogens (tertiary/aromatic N) is 2. The molecule has 1 aromatic rings. The van der Waals surface area contributed by atoms with Crippen molar-refractivity contribution in [2.45, 2.75) is 17.7 Å². The summed E-state index contributed by atoms with van der Waals surface area (Å²) in [6.45, 7) is 0.441. The smallest absolute Gasteiger partial charge is 0.309 e. The van der Waals surface area contributed by atoms with Crippen LogP contribution in [0, 0.1) is 5.92 Å². The van der Waals surface area contributed by atoms with Gasteiger partial charge in [-0.15, -0.1) is 0 Å². The number of hydrogen-bond acceptors (Lipinski definition) is 5. The molecule has 0 spiro atoms. The zero-order valence-electron chi connectivity index (χ0n) is 11.3. The maximum absolute atomic E-state index is 12.6. The maximum atomic E-state index is 12.6. The average molecular weight is 398 g/mol. The molecule has 116 valence electrons. The molecule has 0 aromatic carbocycles. The number of carbonyl (C=O) groups is 1. The van der Waals surface area contributed by atoms with E-state index < -0.39 is 21.9 Å². The number of pyridine rings is 1. The van der Waals surface area contributed by atoms with Gasteiger partial charge in [-0.05, 0) is 34.8 Å². The largest absolute Gasteiger partial charge is 0.469 e. The van der Waals surface area contributed by atoms with Crippen LogP contribution in [0.15, 0.2) is 21.6 Å². The van der Waals surface area contributed by atoms with E-state index in [2.05, 4.69) is 20.9 Å². The second-order valence-electron chi connectivity index (χ2n) is 4.67. The molecule has 1 atom stereocenters. The third kappa shape index (κ3) is 3.56. The third-order valence-corrected chi connectivity index (χ3v) is 6.04. The van der Waals surface area contributed by atoms with Crippen LogP contribution in [0.3, 0.4) is 0 Å². The van der Waals surface area contributed by atoms with Crippen LogP contribution in [0.2, 0.25) is 5.15 Å². The maximum Gasteiger partial charge on any atom is 0.309 e. The van der Waals surface area contributed by atoms with Gasteiger partial charge in [0.15, 0.2) is 0 Å². The van der Waals surface area contributed by atoms with Gasteiger partial charge in [-0.1, -0.05) is 11.6 Å². The summed E-state index contributed by atoms with van der Waals surface area (Å²) < 4.78 is 31.8. The van der Waals surface area contributed by atoms with Crippen LogP contribution in [0.1, 0.15) is 12.8 Å². The average Bonchev–Trinajstić information content (AvgIpc) is 2.49. The van der Waals surface area contributed by atoms with E-state index in [0.29, 0.717) is 23.9 Å². The summed E-state index contributed by atoms with van der Waals surface area (Å²) in [6.07, 6.45) is 2.63. The number of carbonyl (C=O) groups excluding carboxylic acids is 1. The summed E-state index contributed by atoms with van der Waals surface area (Å²) in [5, 5.41) is -0.0848. The lowest BCUT2D eigenvalue weighted by Crippen LogP contribution is -2.42. The van der Waals surface area contributed by atoms with E-state index in [1.54, 1.807) is 0 Å². The molecule has 0 radical (unpaired) electrons. The Morgan fingerprint density at radius 2 is 2.29 bits per heavy atom. The predicted octanol–water partition coefficient (Wildman–Crippen LogP) is 2.07. The van der Waals surface area contributed by atoms with Gasteiger partial charge in [-0.25, -0.2) is 13.4 Å². The molecule has 21 heavy (non-hydrogen) atoms. The molecule has 6 nitrogen and oxygen atoms in total. The monoisotopic (exact) mass is 396 g/mol. The minimum atomic E-state index is -3.79. The number of rotatable bonds is 3. The first kappa shape index (κ1) is 16.7. The van der Waals surface area contributed by atoms with Crippen LogP contribution in [0.4, 0.5) is 0 Å². The van der Waals surface area contributed by atoms with Gasteiger partial charge in [-0.2, -0.15) is 4.31 Å².